The number of aromatic amines is 1. The van der Waals surface area contributed by atoms with Crippen molar-refractivity contribution in [2.24, 2.45) is 7.05 Å². The summed E-state index contributed by atoms with van der Waals surface area (Å²) in [5, 5.41) is 2.22. The predicted octanol–water partition coefficient (Wildman–Crippen LogP) is 2.26. The van der Waals surface area contributed by atoms with E-state index in [0.717, 1.165) is 15.3 Å². The van der Waals surface area contributed by atoms with E-state index in [4.69, 9.17) is 0 Å². The van der Waals surface area contributed by atoms with Crippen LogP contribution in [0.3, 0.4) is 0 Å². The molecule has 1 aromatic heterocycles. The summed E-state index contributed by atoms with van der Waals surface area (Å²) in [6.07, 6.45) is -0.785. The van der Waals surface area contributed by atoms with Gasteiger partial charge in [0, 0.05) is 13.0 Å². The summed E-state index contributed by atoms with van der Waals surface area (Å²) >= 11 is 0. The molecule has 5 nitrogen and oxygen atoms in total. The van der Waals surface area contributed by atoms with Gasteiger partial charge in [-0.3, -0.25) is 0 Å². The molecule has 8 heteroatoms. The molecule has 1 N–H and O–H groups in total. The third kappa shape index (κ3) is 2.64. The average Bonchev–Trinajstić information content (AvgIpc) is 2.81. The van der Waals surface area contributed by atoms with Crippen LogP contribution < -0.4 is 11.4 Å². The zero-order valence-corrected chi connectivity index (χ0v) is 12.6. The number of H-pyrrole nitrogens is 1. The summed E-state index contributed by atoms with van der Waals surface area (Å²) < 4.78 is 42.0. The highest BCUT2D eigenvalue weighted by Crippen LogP contribution is 2.44. The van der Waals surface area contributed by atoms with Crippen molar-refractivity contribution in [2.75, 3.05) is 0 Å². The van der Waals surface area contributed by atoms with Crippen molar-refractivity contribution in [3.8, 4) is 0 Å². The largest absolute Gasteiger partial charge is 0.414 e. The minimum Gasteiger partial charge on any atom is -0.246 e. The molecule has 0 unspecified atom stereocenters. The standard InChI is InChI=1S/C16H14F3N3O2/c1-21-14(23)20-22(15(21)24)13-11(10-6-3-2-4-7-10)8-5-9-12(13)16(17,18)19/h2-9,11,13H,1H3,(H,20,23)/t11-,13-/m1/s1. The van der Waals surface area contributed by atoms with E-state index in [2.05, 4.69) is 5.10 Å². The van der Waals surface area contributed by atoms with Crippen molar-refractivity contribution in [2.45, 2.75) is 18.1 Å². The molecule has 1 aromatic carbocycles. The van der Waals surface area contributed by atoms with E-state index in [0.29, 0.717) is 5.56 Å². The Hall–Kier alpha value is -2.77. The molecule has 0 saturated carbocycles. The van der Waals surface area contributed by atoms with Gasteiger partial charge >= 0.3 is 17.6 Å². The molecule has 1 aliphatic carbocycles. The fourth-order valence-corrected chi connectivity index (χ4v) is 2.87. The molecule has 126 valence electrons. The van der Waals surface area contributed by atoms with Crippen LogP contribution in [0.2, 0.25) is 0 Å². The van der Waals surface area contributed by atoms with Gasteiger partial charge < -0.3 is 0 Å². The molecular weight excluding hydrogens is 323 g/mol. The summed E-state index contributed by atoms with van der Waals surface area (Å²) in [6.45, 7) is 0. The Labute approximate surface area is 134 Å². The second-order valence-electron chi connectivity index (χ2n) is 5.51. The molecule has 0 saturated heterocycles. The molecule has 0 spiro atoms. The first-order chi connectivity index (χ1) is 11.3. The first-order valence-electron chi connectivity index (χ1n) is 7.19. The molecule has 1 aliphatic rings. The zero-order chi connectivity index (χ0) is 17.5. The van der Waals surface area contributed by atoms with E-state index in [1.165, 1.54) is 13.1 Å². The van der Waals surface area contributed by atoms with Gasteiger partial charge in [-0.15, -0.1) is 0 Å². The second kappa shape index (κ2) is 5.70. The van der Waals surface area contributed by atoms with E-state index in [1.54, 1.807) is 36.4 Å². The Morgan fingerprint density at radius 1 is 1.12 bits per heavy atom. The predicted molar refractivity (Wildman–Crippen MR) is 81.8 cm³/mol. The number of alkyl halides is 3. The maximum Gasteiger partial charge on any atom is 0.414 e. The summed E-state index contributed by atoms with van der Waals surface area (Å²) in [5.41, 5.74) is -1.85. The minimum absolute atomic E-state index is 0.616. The van der Waals surface area contributed by atoms with Gasteiger partial charge in [0.1, 0.15) is 0 Å². The average molecular weight is 337 g/mol. The van der Waals surface area contributed by atoms with E-state index in [9.17, 15) is 22.8 Å². The summed E-state index contributed by atoms with van der Waals surface area (Å²) in [5.74, 6) is -0.733. The summed E-state index contributed by atoms with van der Waals surface area (Å²) in [6, 6.07) is 7.17. The lowest BCUT2D eigenvalue weighted by Crippen LogP contribution is -2.36. The number of aromatic nitrogens is 3. The van der Waals surface area contributed by atoms with E-state index < -0.39 is 35.1 Å². The fraction of sp³-hybridized carbons (Fsp3) is 0.250. The Morgan fingerprint density at radius 3 is 2.33 bits per heavy atom. The first kappa shape index (κ1) is 16.1. The molecule has 0 fully saturated rings. The number of hydrogen-bond donors (Lipinski definition) is 1. The van der Waals surface area contributed by atoms with Crippen molar-refractivity contribution in [1.29, 1.82) is 0 Å². The topological polar surface area (TPSA) is 59.8 Å². The number of nitrogens with one attached hydrogen (secondary N) is 1. The lowest BCUT2D eigenvalue weighted by atomic mass is 9.83. The Kier molecular flexibility index (Phi) is 3.82. The molecule has 0 bridgehead atoms. The highest BCUT2D eigenvalue weighted by Gasteiger charge is 2.44. The van der Waals surface area contributed by atoms with E-state index in [1.807, 2.05) is 0 Å². The van der Waals surface area contributed by atoms with Crippen LogP contribution in [0.5, 0.6) is 0 Å². The molecule has 2 atom stereocenters. The maximum atomic E-state index is 13.5. The van der Waals surface area contributed by atoms with Crippen LogP contribution in [0.15, 0.2) is 63.7 Å². The Morgan fingerprint density at radius 2 is 1.79 bits per heavy atom. The van der Waals surface area contributed by atoms with Gasteiger partial charge in [0.25, 0.3) is 0 Å². The molecule has 3 rings (SSSR count). The van der Waals surface area contributed by atoms with Crippen LogP contribution in [-0.4, -0.2) is 20.5 Å². The van der Waals surface area contributed by atoms with Crippen molar-refractivity contribution in [3.63, 3.8) is 0 Å². The number of rotatable bonds is 2. The minimum atomic E-state index is -4.63. The van der Waals surface area contributed by atoms with E-state index in [-0.39, 0.29) is 0 Å². The number of allylic oxidation sites excluding steroid dienone is 4. The van der Waals surface area contributed by atoms with Crippen molar-refractivity contribution < 1.29 is 13.2 Å². The SMILES string of the molecule is Cn1c(=O)[nH]n([C@H]2C(C(F)(F)F)=CC=C[C@@H]2c2ccccc2)c1=O. The van der Waals surface area contributed by atoms with Gasteiger partial charge in [0.2, 0.25) is 0 Å². The third-order valence-electron chi connectivity index (χ3n) is 4.06. The third-order valence-corrected chi connectivity index (χ3v) is 4.06. The van der Waals surface area contributed by atoms with Gasteiger partial charge in [-0.25, -0.2) is 23.9 Å². The lowest BCUT2D eigenvalue weighted by molar-refractivity contribution is -0.0996. The molecule has 24 heavy (non-hydrogen) atoms. The first-order valence-corrected chi connectivity index (χ1v) is 7.19. The van der Waals surface area contributed by atoms with Gasteiger partial charge in [-0.1, -0.05) is 48.6 Å². The van der Waals surface area contributed by atoms with Crippen molar-refractivity contribution >= 4 is 0 Å². The van der Waals surface area contributed by atoms with Gasteiger partial charge in [-0.2, -0.15) is 13.2 Å². The molecule has 1 heterocycles. The number of nitrogens with zero attached hydrogens (tertiary/aromatic N) is 2. The quantitative estimate of drug-likeness (QED) is 0.914. The van der Waals surface area contributed by atoms with Crippen molar-refractivity contribution in [3.05, 3.63) is 80.7 Å². The highest BCUT2D eigenvalue weighted by molar-refractivity contribution is 5.37. The Bertz CT molecular complexity index is 917. The summed E-state index contributed by atoms with van der Waals surface area (Å²) in [7, 11) is 1.21. The van der Waals surface area contributed by atoms with Crippen LogP contribution in [0, 0.1) is 0 Å². The fourth-order valence-electron chi connectivity index (χ4n) is 2.87. The molecular formula is C16H14F3N3O2. The normalized spacial score (nSPS) is 20.9. The van der Waals surface area contributed by atoms with Crippen molar-refractivity contribution in [1.82, 2.24) is 14.3 Å². The molecule has 0 amide bonds. The van der Waals surface area contributed by atoms with Crippen LogP contribution in [-0.2, 0) is 7.05 Å². The van der Waals surface area contributed by atoms with Gasteiger partial charge in [0.05, 0.1) is 11.6 Å². The van der Waals surface area contributed by atoms with Crippen LogP contribution in [0.4, 0.5) is 13.2 Å². The number of halogens is 3. The maximum absolute atomic E-state index is 13.5. The number of benzene rings is 1. The van der Waals surface area contributed by atoms with E-state index >= 15 is 0 Å². The zero-order valence-electron chi connectivity index (χ0n) is 12.6. The highest BCUT2D eigenvalue weighted by atomic mass is 19.4. The second-order valence-corrected chi connectivity index (χ2v) is 5.51. The molecule has 0 radical (unpaired) electrons. The lowest BCUT2D eigenvalue weighted by Gasteiger charge is -2.30. The monoisotopic (exact) mass is 337 g/mol. The number of hydrogen-bond acceptors (Lipinski definition) is 2. The van der Waals surface area contributed by atoms with Crippen LogP contribution in [0.1, 0.15) is 17.5 Å². The molecule has 2 aromatic rings. The molecule has 0 aliphatic heterocycles. The van der Waals surface area contributed by atoms with Gasteiger partial charge in [0.15, 0.2) is 0 Å². The van der Waals surface area contributed by atoms with Crippen LogP contribution in [0.25, 0.3) is 0 Å². The summed E-state index contributed by atoms with van der Waals surface area (Å²) in [4.78, 5) is 23.9. The Balaban J connectivity index is 2.22. The smallest absolute Gasteiger partial charge is 0.246 e. The van der Waals surface area contributed by atoms with Crippen LogP contribution >= 0.6 is 0 Å². The van der Waals surface area contributed by atoms with Gasteiger partial charge in [-0.05, 0) is 5.56 Å².